The number of carbonyl (C=O) groups is 5. The van der Waals surface area contributed by atoms with E-state index in [1.807, 2.05) is 0 Å². The number of esters is 3. The molecule has 0 amide bonds. The first kappa shape index (κ1) is 20.7. The van der Waals surface area contributed by atoms with E-state index in [0.717, 1.165) is 13.8 Å². The molecule has 130 valence electrons. The number of ether oxygens (including phenoxy) is 4. The van der Waals surface area contributed by atoms with Crippen LogP contribution in [0.25, 0.3) is 0 Å². The Balaban J connectivity index is 4.13. The molecule has 0 aromatic rings. The minimum absolute atomic E-state index is 0.253. The van der Waals surface area contributed by atoms with E-state index in [2.05, 4.69) is 18.9 Å². The quantitative estimate of drug-likeness (QED) is 0.458. The molecule has 0 radical (unpaired) electrons. The Morgan fingerprint density at radius 1 is 0.913 bits per heavy atom. The van der Waals surface area contributed by atoms with Gasteiger partial charge in [-0.2, -0.15) is 0 Å². The molecule has 0 aliphatic heterocycles. The van der Waals surface area contributed by atoms with Gasteiger partial charge in [0.2, 0.25) is 13.6 Å². The molecular weight excluding hydrogens is 336 g/mol. The Morgan fingerprint density at radius 2 is 1.43 bits per heavy atom. The van der Waals surface area contributed by atoms with Crippen LogP contribution in [0.3, 0.4) is 0 Å². The van der Waals surface area contributed by atoms with Gasteiger partial charge in [0.05, 0.1) is 12.3 Å². The number of carboxylic acid groups (broad SMARTS) is 1. The number of hydrogen-bond donors (Lipinski definition) is 1. The third-order valence-corrected chi connectivity index (χ3v) is 3.01. The molecule has 0 saturated carbocycles. The van der Waals surface area contributed by atoms with Crippen LogP contribution in [0.1, 0.15) is 20.3 Å². The van der Waals surface area contributed by atoms with Crippen molar-refractivity contribution in [1.82, 2.24) is 0 Å². The topological polar surface area (TPSA) is 142 Å². The first-order valence-electron chi connectivity index (χ1n) is 6.17. The summed E-state index contributed by atoms with van der Waals surface area (Å²) in [6.07, 6.45) is -0.513. The Morgan fingerprint density at radius 3 is 1.91 bits per heavy atom. The molecule has 0 saturated heterocycles. The van der Waals surface area contributed by atoms with Crippen molar-refractivity contribution in [1.29, 1.82) is 0 Å². The van der Waals surface area contributed by atoms with E-state index in [1.54, 1.807) is 0 Å². The van der Waals surface area contributed by atoms with Crippen LogP contribution in [-0.4, -0.2) is 53.6 Å². The van der Waals surface area contributed by atoms with E-state index in [0.29, 0.717) is 11.8 Å². The van der Waals surface area contributed by atoms with E-state index in [4.69, 9.17) is 5.11 Å². The maximum Gasteiger partial charge on any atom is 0.370 e. The van der Waals surface area contributed by atoms with Gasteiger partial charge >= 0.3 is 29.2 Å². The molecule has 11 heteroatoms. The van der Waals surface area contributed by atoms with Crippen molar-refractivity contribution in [2.75, 3.05) is 19.3 Å². The molecule has 0 bridgehead atoms. The van der Waals surface area contributed by atoms with Crippen LogP contribution in [0.2, 0.25) is 0 Å². The van der Waals surface area contributed by atoms with Crippen LogP contribution < -0.4 is 0 Å². The summed E-state index contributed by atoms with van der Waals surface area (Å²) in [4.78, 5) is 54.6. The van der Waals surface area contributed by atoms with E-state index in [1.165, 1.54) is 0 Å². The number of carbonyl (C=O) groups excluding carboxylic acids is 4. The molecule has 0 aliphatic rings. The molecule has 0 unspecified atom stereocenters. The zero-order chi connectivity index (χ0) is 17.8. The zero-order valence-corrected chi connectivity index (χ0v) is 13.3. The van der Waals surface area contributed by atoms with E-state index >= 15 is 0 Å². The largest absolute Gasteiger partial charge is 0.481 e. The molecule has 0 aliphatic carbocycles. The van der Waals surface area contributed by atoms with Gasteiger partial charge in [-0.3, -0.25) is 19.2 Å². The molecule has 0 aromatic carbocycles. The highest BCUT2D eigenvalue weighted by Gasteiger charge is 2.24. The Hall–Kier alpha value is -2.30. The van der Waals surface area contributed by atoms with Crippen molar-refractivity contribution in [2.24, 2.45) is 5.92 Å². The van der Waals surface area contributed by atoms with Crippen molar-refractivity contribution in [3.8, 4) is 0 Å². The van der Waals surface area contributed by atoms with Gasteiger partial charge in [-0.05, 0) is 11.8 Å². The zero-order valence-electron chi connectivity index (χ0n) is 12.4. The Kier molecular flexibility index (Phi) is 10.2. The van der Waals surface area contributed by atoms with E-state index in [-0.39, 0.29) is 5.75 Å². The van der Waals surface area contributed by atoms with Gasteiger partial charge in [-0.15, -0.1) is 0 Å². The lowest BCUT2D eigenvalue weighted by Gasteiger charge is -2.11. The molecule has 10 nitrogen and oxygen atoms in total. The third-order valence-electron chi connectivity index (χ3n) is 2.09. The van der Waals surface area contributed by atoms with E-state index in [9.17, 15) is 24.0 Å². The van der Waals surface area contributed by atoms with Gasteiger partial charge in [0, 0.05) is 19.6 Å². The van der Waals surface area contributed by atoms with E-state index < -0.39 is 55.1 Å². The van der Waals surface area contributed by atoms with Gasteiger partial charge in [0.1, 0.15) is 0 Å². The van der Waals surface area contributed by atoms with Crippen molar-refractivity contribution >= 4 is 40.9 Å². The summed E-state index contributed by atoms with van der Waals surface area (Å²) in [6.45, 7) is 1.05. The van der Waals surface area contributed by atoms with Crippen molar-refractivity contribution < 1.29 is 48.0 Å². The summed E-state index contributed by atoms with van der Waals surface area (Å²) < 4.78 is 17.7. The van der Waals surface area contributed by atoms with Crippen LogP contribution in [0, 0.1) is 5.92 Å². The lowest BCUT2D eigenvalue weighted by molar-refractivity contribution is -0.167. The summed E-state index contributed by atoms with van der Waals surface area (Å²) >= 11 is 0.509. The minimum Gasteiger partial charge on any atom is -0.481 e. The van der Waals surface area contributed by atoms with Crippen molar-refractivity contribution in [3.63, 3.8) is 0 Å². The second-order valence-corrected chi connectivity index (χ2v) is 4.92. The number of carboxylic acids is 1. The predicted molar refractivity (Wildman–Crippen MR) is 74.0 cm³/mol. The van der Waals surface area contributed by atoms with Crippen molar-refractivity contribution in [3.05, 3.63) is 0 Å². The number of thioether (sulfide) groups is 1. The maximum absolute atomic E-state index is 11.4. The molecule has 0 spiro atoms. The minimum atomic E-state index is -1.31. The molecule has 1 atom stereocenters. The fourth-order valence-electron chi connectivity index (χ4n) is 1.03. The van der Waals surface area contributed by atoms with Crippen LogP contribution in [-0.2, 0) is 38.1 Å². The lowest BCUT2D eigenvalue weighted by Crippen LogP contribution is -2.23. The molecule has 23 heavy (non-hydrogen) atoms. The normalized spacial score (nSPS) is 11.0. The van der Waals surface area contributed by atoms with Crippen LogP contribution >= 0.6 is 11.8 Å². The maximum atomic E-state index is 11.4. The smallest absolute Gasteiger partial charge is 0.370 e. The van der Waals surface area contributed by atoms with Gasteiger partial charge in [-0.25, -0.2) is 4.79 Å². The molecule has 1 N–H and O–H groups in total. The lowest BCUT2D eigenvalue weighted by atomic mass is 10.1. The summed E-state index contributed by atoms with van der Waals surface area (Å²) in [6, 6.07) is 0. The standard InChI is InChI=1S/C12H16O10S/c1-7(13)19-5-21-10(15)3-9(11(16)17)4-23-12(18)22-6-20-8(2)14/h9H,3-6H2,1-2H3,(H,16,17)/t9-/m0/s1. The van der Waals surface area contributed by atoms with Crippen molar-refractivity contribution in [2.45, 2.75) is 20.3 Å². The Bertz CT molecular complexity index is 461. The average Bonchev–Trinajstić information content (AvgIpc) is 2.42. The average molecular weight is 352 g/mol. The number of aliphatic carboxylic acids is 1. The number of hydrogen-bond acceptors (Lipinski definition) is 10. The molecule has 0 aromatic heterocycles. The van der Waals surface area contributed by atoms with Crippen LogP contribution in [0.4, 0.5) is 4.79 Å². The van der Waals surface area contributed by atoms with Crippen LogP contribution in [0.15, 0.2) is 0 Å². The van der Waals surface area contributed by atoms with Crippen LogP contribution in [0.5, 0.6) is 0 Å². The fourth-order valence-corrected chi connectivity index (χ4v) is 1.76. The second-order valence-electron chi connectivity index (χ2n) is 3.97. The summed E-state index contributed by atoms with van der Waals surface area (Å²) in [7, 11) is 0. The first-order valence-corrected chi connectivity index (χ1v) is 7.15. The summed E-state index contributed by atoms with van der Waals surface area (Å²) in [5.41, 5.74) is 0. The predicted octanol–water partition coefficient (Wildman–Crippen LogP) is 0.532. The highest BCUT2D eigenvalue weighted by Crippen LogP contribution is 2.16. The SMILES string of the molecule is CC(=O)OCOC(=O)C[C@@H](CSC(=O)OCOC(C)=O)C(=O)O. The summed E-state index contributed by atoms with van der Waals surface area (Å²) in [5, 5.41) is 8.11. The van der Waals surface area contributed by atoms with Gasteiger partial charge < -0.3 is 24.1 Å². The monoisotopic (exact) mass is 352 g/mol. The highest BCUT2D eigenvalue weighted by molar-refractivity contribution is 8.13. The molecule has 0 rings (SSSR count). The first-order chi connectivity index (χ1) is 10.7. The molecular formula is C12H16O10S. The van der Waals surface area contributed by atoms with Gasteiger partial charge in [0.25, 0.3) is 0 Å². The third kappa shape index (κ3) is 12.0. The molecule has 0 fully saturated rings. The van der Waals surface area contributed by atoms with Gasteiger partial charge in [-0.1, -0.05) is 0 Å². The molecule has 0 heterocycles. The Labute approximate surface area is 135 Å². The second kappa shape index (κ2) is 11.3. The summed E-state index contributed by atoms with van der Waals surface area (Å²) in [5.74, 6) is -4.95. The number of rotatable bonds is 9. The van der Waals surface area contributed by atoms with Gasteiger partial charge in [0.15, 0.2) is 0 Å². The highest BCUT2D eigenvalue weighted by atomic mass is 32.2. The fraction of sp³-hybridized carbons (Fsp3) is 0.583.